The van der Waals surface area contributed by atoms with Crippen molar-refractivity contribution in [3.63, 3.8) is 0 Å². The van der Waals surface area contributed by atoms with Crippen molar-refractivity contribution in [3.8, 4) is 11.3 Å². The zero-order valence-corrected chi connectivity index (χ0v) is 11.5. The molecule has 0 saturated carbocycles. The molecule has 3 rings (SSSR count). The van der Waals surface area contributed by atoms with Crippen molar-refractivity contribution in [1.29, 1.82) is 0 Å². The Kier molecular flexibility index (Phi) is 3.38. The standard InChI is InChI=1S/C16H20N2O/c1-11(2)15-14(12-7-4-3-5-8-12)18-16(19-15)13-9-6-10-17-13/h3-5,7-8,11,13,17H,6,9-10H2,1-2H3. The molecule has 1 aliphatic rings. The summed E-state index contributed by atoms with van der Waals surface area (Å²) in [6, 6.07) is 10.6. The van der Waals surface area contributed by atoms with Crippen LogP contribution in [0.4, 0.5) is 0 Å². The van der Waals surface area contributed by atoms with Gasteiger partial charge >= 0.3 is 0 Å². The lowest BCUT2D eigenvalue weighted by molar-refractivity contribution is 0.394. The van der Waals surface area contributed by atoms with E-state index in [2.05, 4.69) is 31.3 Å². The van der Waals surface area contributed by atoms with Crippen LogP contribution in [0.2, 0.25) is 0 Å². The summed E-state index contributed by atoms with van der Waals surface area (Å²) >= 11 is 0. The summed E-state index contributed by atoms with van der Waals surface area (Å²) in [6.45, 7) is 5.36. The molecular formula is C16H20N2O. The minimum atomic E-state index is 0.287. The Balaban J connectivity index is 2.02. The van der Waals surface area contributed by atoms with Gasteiger partial charge in [0.1, 0.15) is 11.5 Å². The highest BCUT2D eigenvalue weighted by Crippen LogP contribution is 2.33. The first-order valence-corrected chi connectivity index (χ1v) is 7.05. The second kappa shape index (κ2) is 5.17. The van der Waals surface area contributed by atoms with Crippen molar-refractivity contribution >= 4 is 0 Å². The van der Waals surface area contributed by atoms with Gasteiger partial charge < -0.3 is 9.73 Å². The molecule has 0 bridgehead atoms. The number of oxazole rings is 1. The number of rotatable bonds is 3. The van der Waals surface area contributed by atoms with Gasteiger partial charge in [0.25, 0.3) is 0 Å². The van der Waals surface area contributed by atoms with E-state index in [1.807, 2.05) is 18.2 Å². The minimum Gasteiger partial charge on any atom is -0.443 e. The maximum absolute atomic E-state index is 6.04. The third kappa shape index (κ3) is 2.43. The van der Waals surface area contributed by atoms with E-state index in [9.17, 15) is 0 Å². The normalized spacial score (nSPS) is 19.2. The van der Waals surface area contributed by atoms with Gasteiger partial charge in [-0.1, -0.05) is 44.2 Å². The predicted octanol–water partition coefficient (Wildman–Crippen LogP) is 3.89. The number of nitrogens with zero attached hydrogens (tertiary/aromatic N) is 1. The maximum Gasteiger partial charge on any atom is 0.212 e. The van der Waals surface area contributed by atoms with Crippen LogP contribution in [0.15, 0.2) is 34.7 Å². The van der Waals surface area contributed by atoms with Crippen LogP contribution in [0.3, 0.4) is 0 Å². The monoisotopic (exact) mass is 256 g/mol. The van der Waals surface area contributed by atoms with E-state index in [-0.39, 0.29) is 6.04 Å². The van der Waals surface area contributed by atoms with Gasteiger partial charge in [-0.3, -0.25) is 0 Å². The third-order valence-corrected chi connectivity index (χ3v) is 3.60. The number of aromatic nitrogens is 1. The molecular weight excluding hydrogens is 236 g/mol. The number of benzene rings is 1. The molecule has 1 saturated heterocycles. The Morgan fingerprint density at radius 1 is 1.26 bits per heavy atom. The van der Waals surface area contributed by atoms with Crippen molar-refractivity contribution in [3.05, 3.63) is 42.0 Å². The van der Waals surface area contributed by atoms with E-state index in [0.717, 1.165) is 35.9 Å². The molecule has 2 heterocycles. The second-order valence-corrected chi connectivity index (χ2v) is 5.43. The topological polar surface area (TPSA) is 38.1 Å². The summed E-state index contributed by atoms with van der Waals surface area (Å²) < 4.78 is 6.04. The number of hydrogen-bond donors (Lipinski definition) is 1. The third-order valence-electron chi connectivity index (χ3n) is 3.60. The van der Waals surface area contributed by atoms with E-state index in [0.29, 0.717) is 5.92 Å². The number of hydrogen-bond acceptors (Lipinski definition) is 3. The summed E-state index contributed by atoms with van der Waals surface area (Å²) in [4.78, 5) is 4.75. The Morgan fingerprint density at radius 2 is 2.05 bits per heavy atom. The quantitative estimate of drug-likeness (QED) is 0.905. The second-order valence-electron chi connectivity index (χ2n) is 5.43. The maximum atomic E-state index is 6.04. The van der Waals surface area contributed by atoms with Crippen LogP contribution in [0.5, 0.6) is 0 Å². The van der Waals surface area contributed by atoms with E-state index < -0.39 is 0 Å². The van der Waals surface area contributed by atoms with Crippen LogP contribution in [-0.4, -0.2) is 11.5 Å². The smallest absolute Gasteiger partial charge is 0.212 e. The van der Waals surface area contributed by atoms with Gasteiger partial charge in [0.15, 0.2) is 0 Å². The van der Waals surface area contributed by atoms with Gasteiger partial charge in [-0.25, -0.2) is 4.98 Å². The lowest BCUT2D eigenvalue weighted by Crippen LogP contribution is -2.12. The van der Waals surface area contributed by atoms with E-state index in [1.165, 1.54) is 6.42 Å². The van der Waals surface area contributed by atoms with Crippen molar-refractivity contribution in [2.45, 2.75) is 38.6 Å². The van der Waals surface area contributed by atoms with Crippen molar-refractivity contribution in [2.24, 2.45) is 0 Å². The molecule has 0 amide bonds. The molecule has 1 aliphatic heterocycles. The summed E-state index contributed by atoms with van der Waals surface area (Å²) in [5.74, 6) is 2.19. The van der Waals surface area contributed by atoms with E-state index in [4.69, 9.17) is 9.40 Å². The Bertz CT molecular complexity index is 539. The molecule has 100 valence electrons. The van der Waals surface area contributed by atoms with Gasteiger partial charge in [-0.15, -0.1) is 0 Å². The Morgan fingerprint density at radius 3 is 2.68 bits per heavy atom. The van der Waals surface area contributed by atoms with Gasteiger partial charge in [0, 0.05) is 11.5 Å². The molecule has 3 heteroatoms. The highest BCUT2D eigenvalue weighted by molar-refractivity contribution is 5.61. The molecule has 1 aromatic heterocycles. The van der Waals surface area contributed by atoms with Crippen molar-refractivity contribution in [1.82, 2.24) is 10.3 Å². The summed E-state index contributed by atoms with van der Waals surface area (Å²) in [6.07, 6.45) is 2.32. The van der Waals surface area contributed by atoms with Crippen LogP contribution in [0.1, 0.15) is 50.3 Å². The largest absolute Gasteiger partial charge is 0.443 e. The Hall–Kier alpha value is -1.61. The molecule has 19 heavy (non-hydrogen) atoms. The fourth-order valence-corrected chi connectivity index (χ4v) is 2.59. The molecule has 1 N–H and O–H groups in total. The van der Waals surface area contributed by atoms with Crippen molar-refractivity contribution in [2.75, 3.05) is 6.54 Å². The molecule has 2 aromatic rings. The van der Waals surface area contributed by atoms with E-state index >= 15 is 0 Å². The van der Waals surface area contributed by atoms with Crippen molar-refractivity contribution < 1.29 is 4.42 Å². The fourth-order valence-electron chi connectivity index (χ4n) is 2.59. The van der Waals surface area contributed by atoms with Gasteiger partial charge in [-0.2, -0.15) is 0 Å². The fraction of sp³-hybridized carbons (Fsp3) is 0.438. The molecule has 1 atom stereocenters. The molecule has 0 spiro atoms. The molecule has 1 fully saturated rings. The summed E-state index contributed by atoms with van der Waals surface area (Å²) in [7, 11) is 0. The predicted molar refractivity (Wildman–Crippen MR) is 76.0 cm³/mol. The molecule has 3 nitrogen and oxygen atoms in total. The summed E-state index contributed by atoms with van der Waals surface area (Å²) in [5, 5.41) is 3.45. The first kappa shape index (κ1) is 12.4. The van der Waals surface area contributed by atoms with Crippen LogP contribution in [0, 0.1) is 0 Å². The minimum absolute atomic E-state index is 0.287. The first-order valence-electron chi connectivity index (χ1n) is 7.05. The lowest BCUT2D eigenvalue weighted by atomic mass is 10.0. The first-order chi connectivity index (χ1) is 9.25. The van der Waals surface area contributed by atoms with Crippen LogP contribution in [0.25, 0.3) is 11.3 Å². The molecule has 1 unspecified atom stereocenters. The average Bonchev–Trinajstić information content (AvgIpc) is 3.08. The van der Waals surface area contributed by atoms with Gasteiger partial charge in [0.05, 0.1) is 6.04 Å². The zero-order chi connectivity index (χ0) is 13.2. The lowest BCUT2D eigenvalue weighted by Gasteiger charge is -2.04. The molecule has 0 radical (unpaired) electrons. The van der Waals surface area contributed by atoms with E-state index in [1.54, 1.807) is 0 Å². The molecule has 1 aromatic carbocycles. The highest BCUT2D eigenvalue weighted by Gasteiger charge is 2.25. The van der Waals surface area contributed by atoms with Gasteiger partial charge in [-0.05, 0) is 19.4 Å². The van der Waals surface area contributed by atoms with Crippen LogP contribution < -0.4 is 5.32 Å². The van der Waals surface area contributed by atoms with Gasteiger partial charge in [0.2, 0.25) is 5.89 Å². The number of nitrogens with one attached hydrogen (secondary N) is 1. The molecule has 0 aliphatic carbocycles. The summed E-state index contributed by atoms with van der Waals surface area (Å²) in [5.41, 5.74) is 2.14. The SMILES string of the molecule is CC(C)c1oc(C2CCCN2)nc1-c1ccccc1. The Labute approximate surface area is 114 Å². The highest BCUT2D eigenvalue weighted by atomic mass is 16.4. The van der Waals surface area contributed by atoms with Crippen LogP contribution in [-0.2, 0) is 0 Å². The average molecular weight is 256 g/mol. The van der Waals surface area contributed by atoms with Crippen LogP contribution >= 0.6 is 0 Å². The zero-order valence-electron chi connectivity index (χ0n) is 11.5.